The van der Waals surface area contributed by atoms with Crippen LogP contribution >= 0.6 is 11.3 Å². The minimum Gasteiger partial charge on any atom is -0.477 e. The highest BCUT2D eigenvalue weighted by atomic mass is 32.1. The summed E-state index contributed by atoms with van der Waals surface area (Å²) in [6.45, 7) is 2.04. The molecule has 0 aliphatic carbocycles. The smallest absolute Gasteiger partial charge is 0.347 e. The van der Waals surface area contributed by atoms with Crippen molar-refractivity contribution in [3.05, 3.63) is 16.1 Å². The Bertz CT molecular complexity index is 257. The molecule has 0 saturated carbocycles. The zero-order valence-electron chi connectivity index (χ0n) is 6.20. The SMILES string of the molecule is CCCc1ncc(C(=O)O)s1. The summed E-state index contributed by atoms with van der Waals surface area (Å²) in [4.78, 5) is 14.7. The molecule has 0 bridgehead atoms. The summed E-state index contributed by atoms with van der Waals surface area (Å²) in [6.07, 6.45) is 3.29. The number of rotatable bonds is 3. The minimum atomic E-state index is -0.884. The average Bonchev–Trinajstić information content (AvgIpc) is 2.37. The molecule has 3 nitrogen and oxygen atoms in total. The molecule has 0 unspecified atom stereocenters. The van der Waals surface area contributed by atoms with Gasteiger partial charge >= 0.3 is 5.97 Å². The van der Waals surface area contributed by atoms with Gasteiger partial charge in [0.05, 0.1) is 11.2 Å². The van der Waals surface area contributed by atoms with Crippen LogP contribution < -0.4 is 0 Å². The molecule has 0 aliphatic heterocycles. The molecule has 11 heavy (non-hydrogen) atoms. The molecule has 0 aliphatic rings. The summed E-state index contributed by atoms with van der Waals surface area (Å²) in [5.74, 6) is -0.884. The summed E-state index contributed by atoms with van der Waals surface area (Å²) in [5, 5.41) is 9.44. The Balaban J connectivity index is 2.73. The van der Waals surface area contributed by atoms with Gasteiger partial charge in [-0.05, 0) is 12.8 Å². The first-order valence-electron chi connectivity index (χ1n) is 3.42. The first kappa shape index (κ1) is 8.20. The van der Waals surface area contributed by atoms with Gasteiger partial charge in [0.15, 0.2) is 0 Å². The van der Waals surface area contributed by atoms with Crippen molar-refractivity contribution in [1.29, 1.82) is 0 Å². The molecule has 0 spiro atoms. The molecule has 0 aromatic carbocycles. The van der Waals surface area contributed by atoms with E-state index < -0.39 is 5.97 Å². The largest absolute Gasteiger partial charge is 0.477 e. The van der Waals surface area contributed by atoms with E-state index in [0.29, 0.717) is 4.88 Å². The Kier molecular flexibility index (Phi) is 2.59. The highest BCUT2D eigenvalue weighted by molar-refractivity contribution is 7.13. The van der Waals surface area contributed by atoms with Crippen molar-refractivity contribution in [2.75, 3.05) is 0 Å². The first-order chi connectivity index (χ1) is 5.24. The predicted octanol–water partition coefficient (Wildman–Crippen LogP) is 1.79. The normalized spacial score (nSPS) is 9.91. The van der Waals surface area contributed by atoms with E-state index in [1.165, 1.54) is 17.5 Å². The van der Waals surface area contributed by atoms with Crippen molar-refractivity contribution in [3.8, 4) is 0 Å². The van der Waals surface area contributed by atoms with E-state index in [1.54, 1.807) is 0 Å². The number of nitrogens with zero attached hydrogens (tertiary/aromatic N) is 1. The van der Waals surface area contributed by atoms with Gasteiger partial charge in [0.25, 0.3) is 0 Å². The summed E-state index contributed by atoms with van der Waals surface area (Å²) in [5.41, 5.74) is 0. The van der Waals surface area contributed by atoms with Crippen LogP contribution in [0.3, 0.4) is 0 Å². The standard InChI is InChI=1S/C7H9NO2S/c1-2-3-6-8-4-5(11-6)7(9)10/h4H,2-3H2,1H3,(H,9,10). The first-order valence-corrected chi connectivity index (χ1v) is 4.23. The molecule has 1 aromatic heterocycles. The number of thiazole rings is 1. The molecule has 1 aromatic rings. The monoisotopic (exact) mass is 171 g/mol. The molecule has 1 rings (SSSR count). The molecule has 0 saturated heterocycles. The predicted molar refractivity (Wildman–Crippen MR) is 43.1 cm³/mol. The van der Waals surface area contributed by atoms with E-state index in [-0.39, 0.29) is 0 Å². The highest BCUT2D eigenvalue weighted by Gasteiger charge is 2.06. The molecular formula is C7H9NO2S. The molecule has 1 heterocycles. The lowest BCUT2D eigenvalue weighted by molar-refractivity contribution is 0.0702. The van der Waals surface area contributed by atoms with E-state index in [1.807, 2.05) is 6.92 Å². The number of hydrogen-bond donors (Lipinski definition) is 1. The molecule has 60 valence electrons. The molecule has 0 amide bonds. The topological polar surface area (TPSA) is 50.2 Å². The van der Waals surface area contributed by atoms with Gasteiger partial charge < -0.3 is 5.11 Å². The Morgan fingerprint density at radius 1 is 1.82 bits per heavy atom. The fourth-order valence-electron chi connectivity index (χ4n) is 0.739. The van der Waals surface area contributed by atoms with Gasteiger partial charge in [-0.25, -0.2) is 9.78 Å². The third-order valence-corrected chi connectivity index (χ3v) is 2.27. The van der Waals surface area contributed by atoms with Gasteiger partial charge in [-0.3, -0.25) is 0 Å². The molecule has 0 fully saturated rings. The van der Waals surface area contributed by atoms with Gasteiger partial charge in [-0.15, -0.1) is 11.3 Å². The highest BCUT2D eigenvalue weighted by Crippen LogP contribution is 2.13. The van der Waals surface area contributed by atoms with Crippen LogP contribution in [0.5, 0.6) is 0 Å². The van der Waals surface area contributed by atoms with Gasteiger partial charge in [-0.1, -0.05) is 6.92 Å². The van der Waals surface area contributed by atoms with E-state index in [2.05, 4.69) is 4.98 Å². The molecule has 4 heteroatoms. The van der Waals surface area contributed by atoms with E-state index in [4.69, 9.17) is 5.11 Å². The van der Waals surface area contributed by atoms with Crippen LogP contribution in [0.15, 0.2) is 6.20 Å². The Labute approximate surface area is 68.7 Å². The third kappa shape index (κ3) is 2.01. The van der Waals surface area contributed by atoms with Crippen LogP contribution in [-0.2, 0) is 6.42 Å². The summed E-state index contributed by atoms with van der Waals surface area (Å²) < 4.78 is 0. The van der Waals surface area contributed by atoms with Crippen LogP contribution in [0, 0.1) is 0 Å². The maximum Gasteiger partial charge on any atom is 0.347 e. The second-order valence-corrected chi connectivity index (χ2v) is 3.29. The van der Waals surface area contributed by atoms with Crippen LogP contribution in [0.25, 0.3) is 0 Å². The Hall–Kier alpha value is -0.900. The van der Waals surface area contributed by atoms with Gasteiger partial charge in [0.2, 0.25) is 0 Å². The quantitative estimate of drug-likeness (QED) is 0.754. The van der Waals surface area contributed by atoms with Crippen LogP contribution in [-0.4, -0.2) is 16.1 Å². The molecular weight excluding hydrogens is 162 g/mol. The number of hydrogen-bond acceptors (Lipinski definition) is 3. The summed E-state index contributed by atoms with van der Waals surface area (Å²) in [7, 11) is 0. The number of carbonyl (C=O) groups is 1. The van der Waals surface area contributed by atoms with Gasteiger partial charge in [0, 0.05) is 0 Å². The summed E-state index contributed by atoms with van der Waals surface area (Å²) in [6, 6.07) is 0. The van der Waals surface area contributed by atoms with Crippen LogP contribution in [0.4, 0.5) is 0 Å². The lowest BCUT2D eigenvalue weighted by Gasteiger charge is -1.85. The zero-order valence-corrected chi connectivity index (χ0v) is 7.02. The Morgan fingerprint density at radius 2 is 2.55 bits per heavy atom. The fourth-order valence-corrected chi connectivity index (χ4v) is 1.60. The number of aromatic carboxylic acids is 1. The number of aryl methyl sites for hydroxylation is 1. The third-order valence-electron chi connectivity index (χ3n) is 1.23. The lowest BCUT2D eigenvalue weighted by Crippen LogP contribution is -1.89. The van der Waals surface area contributed by atoms with Crippen molar-refractivity contribution >= 4 is 17.3 Å². The van der Waals surface area contributed by atoms with E-state index in [0.717, 1.165) is 17.8 Å². The molecule has 0 radical (unpaired) electrons. The maximum absolute atomic E-state index is 10.4. The van der Waals surface area contributed by atoms with Crippen molar-refractivity contribution in [2.45, 2.75) is 19.8 Å². The van der Waals surface area contributed by atoms with Crippen molar-refractivity contribution in [2.24, 2.45) is 0 Å². The second-order valence-electron chi connectivity index (χ2n) is 2.17. The maximum atomic E-state index is 10.4. The lowest BCUT2D eigenvalue weighted by atomic mass is 10.4. The fraction of sp³-hybridized carbons (Fsp3) is 0.429. The van der Waals surface area contributed by atoms with E-state index >= 15 is 0 Å². The number of aromatic nitrogens is 1. The molecule has 1 N–H and O–H groups in total. The van der Waals surface area contributed by atoms with Crippen molar-refractivity contribution in [1.82, 2.24) is 4.98 Å². The van der Waals surface area contributed by atoms with Crippen molar-refractivity contribution in [3.63, 3.8) is 0 Å². The van der Waals surface area contributed by atoms with Crippen LogP contribution in [0.2, 0.25) is 0 Å². The molecule has 0 atom stereocenters. The van der Waals surface area contributed by atoms with E-state index in [9.17, 15) is 4.79 Å². The second kappa shape index (κ2) is 3.48. The summed E-state index contributed by atoms with van der Waals surface area (Å²) >= 11 is 1.25. The number of carboxylic acids is 1. The van der Waals surface area contributed by atoms with Gasteiger partial charge in [0.1, 0.15) is 4.88 Å². The zero-order chi connectivity index (χ0) is 8.27. The Morgan fingerprint density at radius 3 is 3.00 bits per heavy atom. The van der Waals surface area contributed by atoms with Gasteiger partial charge in [-0.2, -0.15) is 0 Å². The number of carboxylic acid groups (broad SMARTS) is 1. The van der Waals surface area contributed by atoms with Crippen LogP contribution in [0.1, 0.15) is 28.0 Å². The van der Waals surface area contributed by atoms with Crippen molar-refractivity contribution < 1.29 is 9.90 Å². The average molecular weight is 171 g/mol. The minimum absolute atomic E-state index is 0.327.